The molecule has 4 aromatic rings. The molecule has 4 rings (SSSR count). The Morgan fingerprint density at radius 1 is 1.14 bits per heavy atom. The third kappa shape index (κ3) is 3.45. The molecule has 9 heteroatoms. The first-order valence-corrected chi connectivity index (χ1v) is 8.93. The molecule has 2 N–H and O–H groups in total. The molecule has 3 heterocycles. The van der Waals surface area contributed by atoms with E-state index in [1.165, 1.54) is 29.7 Å². The largest absolute Gasteiger partial charge is 0.507 e. The zero-order chi connectivity index (χ0) is 20.7. The maximum absolute atomic E-state index is 12.5. The highest BCUT2D eigenvalue weighted by atomic mass is 35.5. The number of benzene rings is 1. The van der Waals surface area contributed by atoms with E-state index in [4.69, 9.17) is 16.0 Å². The Kier molecular flexibility index (Phi) is 4.56. The van der Waals surface area contributed by atoms with Gasteiger partial charge in [-0.3, -0.25) is 14.3 Å². The smallest absolute Gasteiger partial charge is 0.349 e. The molecular weight excluding hydrogens is 398 g/mol. The summed E-state index contributed by atoms with van der Waals surface area (Å²) in [5, 5.41) is 10.9. The third-order valence-electron chi connectivity index (χ3n) is 4.41. The molecule has 0 aliphatic rings. The van der Waals surface area contributed by atoms with E-state index in [0.717, 1.165) is 5.56 Å². The first-order valence-electron chi connectivity index (χ1n) is 8.56. The fourth-order valence-electron chi connectivity index (χ4n) is 3.05. The summed E-state index contributed by atoms with van der Waals surface area (Å²) in [7, 11) is 0. The lowest BCUT2D eigenvalue weighted by Gasteiger charge is -2.11. The minimum absolute atomic E-state index is 0.0746. The van der Waals surface area contributed by atoms with Crippen LogP contribution >= 0.6 is 11.6 Å². The first-order chi connectivity index (χ1) is 13.8. The van der Waals surface area contributed by atoms with Crippen molar-refractivity contribution in [3.8, 4) is 17.0 Å². The van der Waals surface area contributed by atoms with Crippen molar-refractivity contribution < 1.29 is 9.52 Å². The molecule has 29 heavy (non-hydrogen) atoms. The van der Waals surface area contributed by atoms with Crippen LogP contribution in [0.4, 0.5) is 0 Å². The van der Waals surface area contributed by atoms with E-state index < -0.39 is 16.9 Å². The van der Waals surface area contributed by atoms with Gasteiger partial charge in [-0.1, -0.05) is 23.7 Å². The maximum Gasteiger partial charge on any atom is 0.349 e. The summed E-state index contributed by atoms with van der Waals surface area (Å²) >= 11 is 5.90. The van der Waals surface area contributed by atoms with Crippen LogP contribution in [0.25, 0.3) is 22.3 Å². The van der Waals surface area contributed by atoms with Gasteiger partial charge in [0.15, 0.2) is 5.65 Å². The van der Waals surface area contributed by atoms with Crippen molar-refractivity contribution in [2.75, 3.05) is 0 Å². The average molecular weight is 412 g/mol. The predicted molar refractivity (Wildman–Crippen MR) is 108 cm³/mol. The molecule has 0 saturated carbocycles. The molecule has 0 bridgehead atoms. The van der Waals surface area contributed by atoms with E-state index in [9.17, 15) is 19.5 Å². The standard InChI is InChI=1S/C20H14ClN3O5/c1-10-8-15(25)16(19(27)29-10)14-7-6-13-17(22-14)24(20(28)23-18(13)26)9-11-2-4-12(21)5-3-11/h2-8,25H,9H2,1H3,(H,23,26,28). The van der Waals surface area contributed by atoms with E-state index in [-0.39, 0.29) is 40.3 Å². The predicted octanol–water partition coefficient (Wildman–Crippen LogP) is 2.42. The van der Waals surface area contributed by atoms with Gasteiger partial charge in [-0.05, 0) is 36.8 Å². The number of rotatable bonds is 3. The summed E-state index contributed by atoms with van der Waals surface area (Å²) in [4.78, 5) is 43.5. The molecule has 0 aliphatic carbocycles. The summed E-state index contributed by atoms with van der Waals surface area (Å²) in [6, 6.07) is 11.0. The summed E-state index contributed by atoms with van der Waals surface area (Å²) in [6.45, 7) is 1.65. The molecule has 146 valence electrons. The Morgan fingerprint density at radius 2 is 1.86 bits per heavy atom. The van der Waals surface area contributed by atoms with Gasteiger partial charge in [0.2, 0.25) is 0 Å². The van der Waals surface area contributed by atoms with Crippen molar-refractivity contribution in [3.05, 3.63) is 90.1 Å². The van der Waals surface area contributed by atoms with Crippen LogP contribution in [0.2, 0.25) is 5.02 Å². The molecule has 0 unspecified atom stereocenters. The van der Waals surface area contributed by atoms with Crippen LogP contribution in [-0.2, 0) is 6.54 Å². The van der Waals surface area contributed by atoms with E-state index >= 15 is 0 Å². The lowest BCUT2D eigenvalue weighted by Crippen LogP contribution is -2.31. The van der Waals surface area contributed by atoms with Crippen LogP contribution in [0.1, 0.15) is 11.3 Å². The Labute approximate surface area is 167 Å². The van der Waals surface area contributed by atoms with Gasteiger partial charge in [0, 0.05) is 11.1 Å². The number of aryl methyl sites for hydroxylation is 1. The van der Waals surface area contributed by atoms with Crippen LogP contribution in [0, 0.1) is 6.92 Å². The molecule has 0 atom stereocenters. The molecule has 0 amide bonds. The van der Waals surface area contributed by atoms with Gasteiger partial charge in [0.05, 0.1) is 17.6 Å². The quantitative estimate of drug-likeness (QED) is 0.534. The van der Waals surface area contributed by atoms with Gasteiger partial charge < -0.3 is 9.52 Å². The normalized spacial score (nSPS) is 11.1. The number of nitrogens with one attached hydrogen (secondary N) is 1. The van der Waals surface area contributed by atoms with Crippen LogP contribution in [-0.4, -0.2) is 19.6 Å². The number of aromatic amines is 1. The lowest BCUT2D eigenvalue weighted by atomic mass is 10.1. The lowest BCUT2D eigenvalue weighted by molar-refractivity contribution is 0.438. The van der Waals surface area contributed by atoms with Crippen molar-refractivity contribution in [3.63, 3.8) is 0 Å². The Hall–Kier alpha value is -3.65. The Bertz CT molecular complexity index is 1420. The summed E-state index contributed by atoms with van der Waals surface area (Å²) in [5.74, 6) is -0.0600. The highest BCUT2D eigenvalue weighted by Crippen LogP contribution is 2.26. The van der Waals surface area contributed by atoms with Crippen LogP contribution in [0.3, 0.4) is 0 Å². The molecule has 8 nitrogen and oxygen atoms in total. The van der Waals surface area contributed by atoms with Gasteiger partial charge in [0.25, 0.3) is 5.56 Å². The first kappa shape index (κ1) is 18.7. The molecule has 0 saturated heterocycles. The van der Waals surface area contributed by atoms with Crippen LogP contribution in [0.5, 0.6) is 5.75 Å². The number of H-pyrrole nitrogens is 1. The highest BCUT2D eigenvalue weighted by Gasteiger charge is 2.17. The summed E-state index contributed by atoms with van der Waals surface area (Å²) in [6.07, 6.45) is 0. The summed E-state index contributed by atoms with van der Waals surface area (Å²) < 4.78 is 6.31. The van der Waals surface area contributed by atoms with Crippen molar-refractivity contribution in [2.24, 2.45) is 0 Å². The SMILES string of the molecule is Cc1cc(O)c(-c2ccc3c(=O)[nH]c(=O)n(Cc4ccc(Cl)cc4)c3n2)c(=O)o1. The van der Waals surface area contributed by atoms with Crippen LogP contribution < -0.4 is 16.9 Å². The Balaban J connectivity index is 1.96. The Morgan fingerprint density at radius 3 is 2.55 bits per heavy atom. The second-order valence-corrected chi connectivity index (χ2v) is 6.88. The summed E-state index contributed by atoms with van der Waals surface area (Å²) in [5.41, 5.74) is -1.26. The van der Waals surface area contributed by atoms with Crippen molar-refractivity contribution >= 4 is 22.6 Å². The second-order valence-electron chi connectivity index (χ2n) is 6.44. The molecule has 0 spiro atoms. The topological polar surface area (TPSA) is 118 Å². The molecular formula is C20H14ClN3O5. The van der Waals surface area contributed by atoms with Gasteiger partial charge in [0.1, 0.15) is 17.1 Å². The second kappa shape index (κ2) is 7.06. The number of halogens is 1. The zero-order valence-electron chi connectivity index (χ0n) is 15.1. The number of pyridine rings is 1. The van der Waals surface area contributed by atoms with Crippen molar-refractivity contribution in [1.29, 1.82) is 0 Å². The number of hydrogen-bond acceptors (Lipinski definition) is 6. The number of hydrogen-bond donors (Lipinski definition) is 2. The van der Waals surface area contributed by atoms with Gasteiger partial charge in [-0.15, -0.1) is 0 Å². The molecule has 0 radical (unpaired) electrons. The minimum Gasteiger partial charge on any atom is -0.507 e. The zero-order valence-corrected chi connectivity index (χ0v) is 15.9. The van der Waals surface area contributed by atoms with Crippen molar-refractivity contribution in [2.45, 2.75) is 13.5 Å². The van der Waals surface area contributed by atoms with Gasteiger partial charge >= 0.3 is 11.3 Å². The minimum atomic E-state index is -0.772. The number of fused-ring (bicyclic) bond motifs is 1. The number of aromatic nitrogens is 3. The van der Waals surface area contributed by atoms with Crippen LogP contribution in [0.15, 0.2) is 61.3 Å². The fraction of sp³-hybridized carbons (Fsp3) is 0.100. The van der Waals surface area contributed by atoms with E-state index in [0.29, 0.717) is 5.02 Å². The monoisotopic (exact) mass is 411 g/mol. The molecule has 0 aliphatic heterocycles. The molecule has 3 aromatic heterocycles. The molecule has 0 fully saturated rings. The van der Waals surface area contributed by atoms with Crippen molar-refractivity contribution in [1.82, 2.24) is 14.5 Å². The highest BCUT2D eigenvalue weighted by molar-refractivity contribution is 6.30. The van der Waals surface area contributed by atoms with E-state index in [1.54, 1.807) is 24.3 Å². The third-order valence-corrected chi connectivity index (χ3v) is 4.66. The molecule has 1 aromatic carbocycles. The average Bonchev–Trinajstić information content (AvgIpc) is 2.65. The number of aromatic hydroxyl groups is 1. The fourth-order valence-corrected chi connectivity index (χ4v) is 3.18. The number of nitrogens with zero attached hydrogens (tertiary/aromatic N) is 2. The van der Waals surface area contributed by atoms with E-state index in [2.05, 4.69) is 9.97 Å². The maximum atomic E-state index is 12.5. The van der Waals surface area contributed by atoms with E-state index in [1.807, 2.05) is 0 Å². The van der Waals surface area contributed by atoms with Gasteiger partial charge in [-0.2, -0.15) is 0 Å². The van der Waals surface area contributed by atoms with Gasteiger partial charge in [-0.25, -0.2) is 14.6 Å².